The van der Waals surface area contributed by atoms with E-state index in [1.807, 2.05) is 0 Å². The number of aryl methyl sites for hydroxylation is 1. The molecule has 0 aliphatic rings. The van der Waals surface area contributed by atoms with Crippen LogP contribution < -0.4 is 4.74 Å². The Bertz CT molecular complexity index is 447. The van der Waals surface area contributed by atoms with Crippen molar-refractivity contribution in [3.8, 4) is 5.75 Å². The molecule has 0 bridgehead atoms. The minimum Gasteiger partial charge on any atom is -0.397 e. The first-order chi connectivity index (χ1) is 7.74. The fourth-order valence-electron chi connectivity index (χ4n) is 1.08. The zero-order valence-corrected chi connectivity index (χ0v) is 8.42. The molecule has 0 saturated heterocycles. The highest BCUT2D eigenvalue weighted by molar-refractivity contribution is 5.44. The predicted molar refractivity (Wildman–Crippen MR) is 47.1 cm³/mol. The molecule has 0 N–H and O–H groups in total. The summed E-state index contributed by atoms with van der Waals surface area (Å²) < 4.78 is 51.7. The highest BCUT2D eigenvalue weighted by Crippen LogP contribution is 2.32. The highest BCUT2D eigenvalue weighted by Gasteiger charge is 2.35. The number of hydrogen-bond acceptors (Lipinski definition) is 4. The van der Waals surface area contributed by atoms with Crippen molar-refractivity contribution in [3.05, 3.63) is 27.4 Å². The van der Waals surface area contributed by atoms with Crippen molar-refractivity contribution in [1.82, 2.24) is 4.98 Å². The van der Waals surface area contributed by atoms with Crippen LogP contribution in [0.15, 0.2) is 6.07 Å². The molecule has 9 heteroatoms. The van der Waals surface area contributed by atoms with E-state index in [1.54, 1.807) is 0 Å². The lowest BCUT2D eigenvalue weighted by molar-refractivity contribution is -0.393. The maximum absolute atomic E-state index is 12.4. The Morgan fingerprint density at radius 2 is 2.12 bits per heavy atom. The second-order valence-corrected chi connectivity index (χ2v) is 2.99. The van der Waals surface area contributed by atoms with E-state index < -0.39 is 29.5 Å². The first kappa shape index (κ1) is 13.1. The number of pyridine rings is 1. The Hall–Kier alpha value is -1.93. The quantitative estimate of drug-likeness (QED) is 0.472. The van der Waals surface area contributed by atoms with Gasteiger partial charge in [0.1, 0.15) is 6.67 Å². The van der Waals surface area contributed by atoms with Gasteiger partial charge in [0, 0.05) is 12.5 Å². The molecule has 0 amide bonds. The van der Waals surface area contributed by atoms with Crippen LogP contribution in [0.25, 0.3) is 0 Å². The molecule has 0 unspecified atom stereocenters. The predicted octanol–water partition coefficient (Wildman–Crippen LogP) is 2.67. The largest absolute Gasteiger partial charge is 0.573 e. The minimum atomic E-state index is -5.10. The van der Waals surface area contributed by atoms with E-state index in [-0.39, 0.29) is 11.3 Å². The molecule has 1 heterocycles. The lowest BCUT2D eigenvalue weighted by Gasteiger charge is -2.09. The summed E-state index contributed by atoms with van der Waals surface area (Å²) in [4.78, 5) is 12.6. The van der Waals surface area contributed by atoms with E-state index in [0.717, 1.165) is 0 Å². The number of alkyl halides is 4. The molecule has 1 rings (SSSR count). The van der Waals surface area contributed by atoms with Crippen LogP contribution in [-0.2, 0) is 6.67 Å². The van der Waals surface area contributed by atoms with Crippen molar-refractivity contribution < 1.29 is 27.2 Å². The molecule has 0 spiro atoms. The molecule has 1 aromatic heterocycles. The van der Waals surface area contributed by atoms with Crippen molar-refractivity contribution in [3.63, 3.8) is 0 Å². The molecule has 1 aromatic rings. The summed E-state index contributed by atoms with van der Waals surface area (Å²) in [7, 11) is 0. The number of rotatable bonds is 3. The van der Waals surface area contributed by atoms with Crippen LogP contribution in [-0.4, -0.2) is 16.3 Å². The summed E-state index contributed by atoms with van der Waals surface area (Å²) in [5, 5.41) is 10.5. The maximum atomic E-state index is 12.4. The summed E-state index contributed by atoms with van der Waals surface area (Å²) in [6.07, 6.45) is -5.10. The molecule has 17 heavy (non-hydrogen) atoms. The van der Waals surface area contributed by atoms with Gasteiger partial charge in [-0.3, -0.25) is 0 Å². The summed E-state index contributed by atoms with van der Waals surface area (Å²) in [6.45, 7) is 0.157. The second kappa shape index (κ2) is 4.52. The Morgan fingerprint density at radius 3 is 2.53 bits per heavy atom. The Morgan fingerprint density at radius 1 is 1.53 bits per heavy atom. The third kappa shape index (κ3) is 3.26. The molecule has 0 atom stereocenters. The number of hydrogen-bond donors (Lipinski definition) is 0. The van der Waals surface area contributed by atoms with Crippen LogP contribution in [0.3, 0.4) is 0 Å². The zero-order chi connectivity index (χ0) is 13.2. The van der Waals surface area contributed by atoms with Crippen molar-refractivity contribution in [1.29, 1.82) is 0 Å². The Kier molecular flexibility index (Phi) is 3.49. The van der Waals surface area contributed by atoms with E-state index in [4.69, 9.17) is 0 Å². The number of nitro groups is 1. The van der Waals surface area contributed by atoms with E-state index in [1.165, 1.54) is 6.92 Å². The van der Waals surface area contributed by atoms with Gasteiger partial charge >= 0.3 is 12.2 Å². The van der Waals surface area contributed by atoms with Gasteiger partial charge in [0.15, 0.2) is 5.69 Å². The number of nitrogens with zero attached hydrogens (tertiary/aromatic N) is 2. The first-order valence-electron chi connectivity index (χ1n) is 4.21. The highest BCUT2D eigenvalue weighted by atomic mass is 19.4. The van der Waals surface area contributed by atoms with Gasteiger partial charge in [-0.1, -0.05) is 0 Å². The monoisotopic (exact) mass is 254 g/mol. The molecular formula is C8H6F4N2O3. The topological polar surface area (TPSA) is 65.3 Å². The fraction of sp³-hybridized carbons (Fsp3) is 0.375. The summed E-state index contributed by atoms with van der Waals surface area (Å²) in [6, 6.07) is 0.619. The third-order valence-corrected chi connectivity index (χ3v) is 1.81. The van der Waals surface area contributed by atoms with Gasteiger partial charge in [-0.15, -0.1) is 13.2 Å². The van der Waals surface area contributed by atoms with Crippen LogP contribution in [0.5, 0.6) is 5.75 Å². The van der Waals surface area contributed by atoms with E-state index in [2.05, 4.69) is 9.72 Å². The second-order valence-electron chi connectivity index (χ2n) is 2.99. The van der Waals surface area contributed by atoms with Crippen LogP contribution in [0.4, 0.5) is 23.4 Å². The molecule has 94 valence electrons. The lowest BCUT2D eigenvalue weighted by Crippen LogP contribution is -2.18. The SMILES string of the molecule is Cc1nc([N+](=O)[O-])c(OC(F)(F)F)cc1CF. The molecule has 0 saturated carbocycles. The van der Waals surface area contributed by atoms with Gasteiger partial charge in [-0.25, -0.2) is 4.39 Å². The summed E-state index contributed by atoms with van der Waals surface area (Å²) in [5.41, 5.74) is -0.261. The van der Waals surface area contributed by atoms with Crippen LogP contribution >= 0.6 is 0 Å². The molecule has 0 aromatic carbocycles. The Labute approximate surface area is 92.2 Å². The van der Waals surface area contributed by atoms with Gasteiger partial charge in [0.2, 0.25) is 5.75 Å². The van der Waals surface area contributed by atoms with Crippen molar-refractivity contribution >= 4 is 5.82 Å². The molecule has 0 radical (unpaired) electrons. The molecular weight excluding hydrogens is 248 g/mol. The minimum absolute atomic E-state index is 0.0614. The zero-order valence-electron chi connectivity index (χ0n) is 8.42. The standard InChI is InChI=1S/C8H6F4N2O3/c1-4-5(3-9)2-6(17-8(10,11)12)7(13-4)14(15)16/h2H,3H2,1H3. The van der Waals surface area contributed by atoms with Crippen molar-refractivity contribution in [2.75, 3.05) is 0 Å². The molecule has 0 aliphatic carbocycles. The normalized spacial score (nSPS) is 11.4. The van der Waals surface area contributed by atoms with Gasteiger partial charge in [0.25, 0.3) is 0 Å². The molecule has 0 aliphatic heterocycles. The number of aromatic nitrogens is 1. The lowest BCUT2D eigenvalue weighted by atomic mass is 10.2. The fourth-order valence-corrected chi connectivity index (χ4v) is 1.08. The Balaban J connectivity index is 3.29. The average Bonchev–Trinajstić information content (AvgIpc) is 2.17. The van der Waals surface area contributed by atoms with Gasteiger partial charge in [0.05, 0.1) is 0 Å². The number of ether oxygens (including phenoxy) is 1. The smallest absolute Gasteiger partial charge is 0.397 e. The number of halogens is 4. The average molecular weight is 254 g/mol. The summed E-state index contributed by atoms with van der Waals surface area (Å²) >= 11 is 0. The van der Waals surface area contributed by atoms with Gasteiger partial charge in [-0.2, -0.15) is 0 Å². The van der Waals surface area contributed by atoms with Crippen LogP contribution in [0.1, 0.15) is 11.3 Å². The van der Waals surface area contributed by atoms with Gasteiger partial charge in [-0.05, 0) is 16.0 Å². The van der Waals surface area contributed by atoms with Crippen LogP contribution in [0, 0.1) is 17.0 Å². The van der Waals surface area contributed by atoms with E-state index in [9.17, 15) is 27.7 Å². The van der Waals surface area contributed by atoms with E-state index in [0.29, 0.717) is 6.07 Å². The van der Waals surface area contributed by atoms with Crippen LogP contribution in [0.2, 0.25) is 0 Å². The molecule has 0 fully saturated rings. The third-order valence-electron chi connectivity index (χ3n) is 1.81. The van der Waals surface area contributed by atoms with E-state index >= 15 is 0 Å². The maximum Gasteiger partial charge on any atom is 0.573 e. The first-order valence-corrected chi connectivity index (χ1v) is 4.21. The van der Waals surface area contributed by atoms with Crippen molar-refractivity contribution in [2.24, 2.45) is 0 Å². The molecule has 5 nitrogen and oxygen atoms in total. The van der Waals surface area contributed by atoms with Crippen molar-refractivity contribution in [2.45, 2.75) is 20.0 Å². The van der Waals surface area contributed by atoms with Gasteiger partial charge < -0.3 is 14.9 Å². The summed E-state index contributed by atoms with van der Waals surface area (Å²) in [5.74, 6) is -2.22.